The van der Waals surface area contributed by atoms with Gasteiger partial charge in [0.15, 0.2) is 0 Å². The van der Waals surface area contributed by atoms with Crippen molar-refractivity contribution in [1.29, 1.82) is 0 Å². The summed E-state index contributed by atoms with van der Waals surface area (Å²) < 4.78 is 0. The van der Waals surface area contributed by atoms with Gasteiger partial charge in [0.2, 0.25) is 5.91 Å². The molecule has 3 amide bonds. The van der Waals surface area contributed by atoms with E-state index < -0.39 is 11.9 Å². The van der Waals surface area contributed by atoms with Gasteiger partial charge in [0.25, 0.3) is 0 Å². The van der Waals surface area contributed by atoms with Gasteiger partial charge in [-0.05, 0) is 37.1 Å². The number of amides is 3. The number of urea groups is 1. The summed E-state index contributed by atoms with van der Waals surface area (Å²) in [7, 11) is 0. The second kappa shape index (κ2) is 6.25. The number of H-pyrrole nitrogens is 1. The Morgan fingerprint density at radius 2 is 1.95 bits per heavy atom. The highest BCUT2D eigenvalue weighted by molar-refractivity contribution is 5.82. The molecule has 1 aromatic heterocycles. The van der Waals surface area contributed by atoms with Crippen LogP contribution in [0, 0.1) is 13.8 Å². The molecule has 0 atom stereocenters. The summed E-state index contributed by atoms with van der Waals surface area (Å²) >= 11 is 0. The number of aromatic nitrogens is 2. The van der Waals surface area contributed by atoms with Crippen LogP contribution in [0.4, 0.5) is 4.79 Å². The average molecular weight is 289 g/mol. The van der Waals surface area contributed by atoms with Crippen LogP contribution in [0.5, 0.6) is 0 Å². The number of aryl methyl sites for hydroxylation is 2. The number of aromatic amines is 1. The van der Waals surface area contributed by atoms with Crippen LogP contribution >= 0.6 is 0 Å². The molecule has 5 N–H and O–H groups in total. The van der Waals surface area contributed by atoms with Crippen LogP contribution in [-0.2, 0) is 11.2 Å². The third-order valence-electron chi connectivity index (χ3n) is 3.22. The number of nitrogens with zero attached hydrogens (tertiary/aromatic N) is 1. The number of nitrogens with two attached hydrogens (primary N) is 1. The van der Waals surface area contributed by atoms with E-state index in [1.807, 2.05) is 13.0 Å². The van der Waals surface area contributed by atoms with Crippen molar-refractivity contribution in [3.63, 3.8) is 0 Å². The Kier molecular flexibility index (Phi) is 4.42. The van der Waals surface area contributed by atoms with Crippen LogP contribution in [0.1, 0.15) is 17.0 Å². The molecule has 1 aromatic carbocycles. The van der Waals surface area contributed by atoms with Crippen molar-refractivity contribution >= 4 is 23.0 Å². The number of rotatable bonds is 5. The van der Waals surface area contributed by atoms with Gasteiger partial charge in [0, 0.05) is 13.0 Å². The number of hydrogen-bond acceptors (Lipinski definition) is 3. The molecule has 0 fully saturated rings. The molecule has 0 unspecified atom stereocenters. The molecular weight excluding hydrogens is 270 g/mol. The van der Waals surface area contributed by atoms with E-state index in [1.165, 1.54) is 11.1 Å². The average Bonchev–Trinajstić information content (AvgIpc) is 2.78. The number of imidazole rings is 1. The van der Waals surface area contributed by atoms with Crippen molar-refractivity contribution in [2.24, 2.45) is 5.73 Å². The SMILES string of the molecule is Cc1cc2nc(CCNC(=O)NCC(N)=O)[nH]c2cc1C. The molecule has 0 aliphatic heterocycles. The first-order valence-electron chi connectivity index (χ1n) is 6.71. The lowest BCUT2D eigenvalue weighted by molar-refractivity contribution is -0.117. The quantitative estimate of drug-likeness (QED) is 0.643. The summed E-state index contributed by atoms with van der Waals surface area (Å²) in [6.07, 6.45) is 0.580. The molecule has 7 nitrogen and oxygen atoms in total. The summed E-state index contributed by atoms with van der Waals surface area (Å²) in [6.45, 7) is 4.35. The molecule has 1 heterocycles. The van der Waals surface area contributed by atoms with Crippen molar-refractivity contribution in [3.8, 4) is 0 Å². The van der Waals surface area contributed by atoms with Gasteiger partial charge in [-0.1, -0.05) is 0 Å². The van der Waals surface area contributed by atoms with E-state index in [9.17, 15) is 9.59 Å². The highest BCUT2D eigenvalue weighted by Crippen LogP contribution is 2.17. The molecule has 0 saturated heterocycles. The van der Waals surface area contributed by atoms with Gasteiger partial charge in [-0.25, -0.2) is 9.78 Å². The number of benzene rings is 1. The van der Waals surface area contributed by atoms with Crippen LogP contribution in [0.15, 0.2) is 12.1 Å². The van der Waals surface area contributed by atoms with Gasteiger partial charge in [0.1, 0.15) is 5.82 Å². The Hall–Kier alpha value is -2.57. The van der Waals surface area contributed by atoms with E-state index in [1.54, 1.807) is 0 Å². The standard InChI is InChI=1S/C14H19N5O2/c1-8-5-10-11(6-9(8)2)19-13(18-10)3-4-16-14(21)17-7-12(15)20/h5-6H,3-4,7H2,1-2H3,(H2,15,20)(H,18,19)(H2,16,17,21). The van der Waals surface area contributed by atoms with E-state index in [2.05, 4.69) is 33.6 Å². The van der Waals surface area contributed by atoms with Crippen molar-refractivity contribution in [2.45, 2.75) is 20.3 Å². The van der Waals surface area contributed by atoms with E-state index in [4.69, 9.17) is 5.73 Å². The lowest BCUT2D eigenvalue weighted by atomic mass is 10.1. The molecule has 2 aromatic rings. The van der Waals surface area contributed by atoms with Crippen LogP contribution in [0.25, 0.3) is 11.0 Å². The van der Waals surface area contributed by atoms with Crippen LogP contribution in [0.2, 0.25) is 0 Å². The summed E-state index contributed by atoms with van der Waals surface area (Å²) in [6, 6.07) is 3.68. The second-order valence-corrected chi connectivity index (χ2v) is 4.96. The van der Waals surface area contributed by atoms with Crippen molar-refractivity contribution < 1.29 is 9.59 Å². The van der Waals surface area contributed by atoms with Gasteiger partial charge in [-0.3, -0.25) is 4.79 Å². The molecule has 112 valence electrons. The van der Waals surface area contributed by atoms with Gasteiger partial charge >= 0.3 is 6.03 Å². The minimum Gasteiger partial charge on any atom is -0.368 e. The first-order valence-corrected chi connectivity index (χ1v) is 6.71. The summed E-state index contributed by atoms with van der Waals surface area (Å²) in [4.78, 5) is 29.6. The lowest BCUT2D eigenvalue weighted by Gasteiger charge is -2.04. The van der Waals surface area contributed by atoms with Crippen LogP contribution in [-0.4, -0.2) is 35.0 Å². The second-order valence-electron chi connectivity index (χ2n) is 4.96. The molecule has 0 spiro atoms. The molecule has 2 rings (SSSR count). The van der Waals surface area contributed by atoms with Gasteiger partial charge < -0.3 is 21.4 Å². The van der Waals surface area contributed by atoms with Crippen LogP contribution in [0.3, 0.4) is 0 Å². The fourth-order valence-electron chi connectivity index (χ4n) is 1.97. The molecule has 21 heavy (non-hydrogen) atoms. The number of carbonyl (C=O) groups is 2. The van der Waals surface area contributed by atoms with Crippen LogP contribution < -0.4 is 16.4 Å². The zero-order valence-corrected chi connectivity index (χ0v) is 12.1. The molecule has 7 heteroatoms. The van der Waals surface area contributed by atoms with Gasteiger partial charge in [-0.2, -0.15) is 0 Å². The minimum absolute atomic E-state index is 0.172. The summed E-state index contributed by atoms with van der Waals surface area (Å²) in [5.74, 6) is 0.235. The van der Waals surface area contributed by atoms with E-state index in [0.29, 0.717) is 13.0 Å². The monoisotopic (exact) mass is 289 g/mol. The Bertz CT molecular complexity index is 638. The van der Waals surface area contributed by atoms with E-state index in [0.717, 1.165) is 16.9 Å². The maximum atomic E-state index is 11.3. The largest absolute Gasteiger partial charge is 0.368 e. The third kappa shape index (κ3) is 3.95. The summed E-state index contributed by atoms with van der Waals surface area (Å²) in [5, 5.41) is 4.99. The minimum atomic E-state index is -0.576. The number of primary amides is 1. The molecule has 0 aliphatic carbocycles. The molecule has 0 aliphatic rings. The fraction of sp³-hybridized carbons (Fsp3) is 0.357. The van der Waals surface area contributed by atoms with E-state index >= 15 is 0 Å². The molecule has 0 radical (unpaired) electrons. The smallest absolute Gasteiger partial charge is 0.315 e. The van der Waals surface area contributed by atoms with Crippen molar-refractivity contribution in [2.75, 3.05) is 13.1 Å². The molecule has 0 saturated carbocycles. The fourth-order valence-corrected chi connectivity index (χ4v) is 1.97. The Balaban J connectivity index is 1.89. The number of nitrogens with one attached hydrogen (secondary N) is 3. The Labute approximate surface area is 122 Å². The third-order valence-corrected chi connectivity index (χ3v) is 3.22. The zero-order chi connectivity index (χ0) is 15.4. The highest BCUT2D eigenvalue weighted by atomic mass is 16.2. The Morgan fingerprint density at radius 1 is 1.24 bits per heavy atom. The topological polar surface area (TPSA) is 113 Å². The molecular formula is C14H19N5O2. The van der Waals surface area contributed by atoms with Gasteiger partial charge in [-0.15, -0.1) is 0 Å². The van der Waals surface area contributed by atoms with Crippen molar-refractivity contribution in [1.82, 2.24) is 20.6 Å². The normalized spacial score (nSPS) is 10.6. The Morgan fingerprint density at radius 3 is 2.67 bits per heavy atom. The lowest BCUT2D eigenvalue weighted by Crippen LogP contribution is -2.41. The van der Waals surface area contributed by atoms with E-state index in [-0.39, 0.29) is 6.54 Å². The molecule has 0 bridgehead atoms. The highest BCUT2D eigenvalue weighted by Gasteiger charge is 2.06. The predicted molar refractivity (Wildman–Crippen MR) is 79.9 cm³/mol. The maximum absolute atomic E-state index is 11.3. The number of hydrogen-bond donors (Lipinski definition) is 4. The first kappa shape index (κ1) is 14.8. The van der Waals surface area contributed by atoms with Crippen molar-refractivity contribution in [3.05, 3.63) is 29.1 Å². The zero-order valence-electron chi connectivity index (χ0n) is 12.1. The first-order chi connectivity index (χ1) is 9.95. The van der Waals surface area contributed by atoms with Gasteiger partial charge in [0.05, 0.1) is 17.6 Å². The maximum Gasteiger partial charge on any atom is 0.315 e. The number of fused-ring (bicyclic) bond motifs is 1. The summed E-state index contributed by atoms with van der Waals surface area (Å²) in [5.41, 5.74) is 9.25. The number of carbonyl (C=O) groups excluding carboxylic acids is 2. The predicted octanol–water partition coefficient (Wildman–Crippen LogP) is 0.507.